The number of ether oxygens (including phenoxy) is 1. The molecule has 0 radical (unpaired) electrons. The van der Waals surface area contributed by atoms with Gasteiger partial charge in [0, 0.05) is 12.6 Å². The molecule has 0 aliphatic heterocycles. The van der Waals surface area contributed by atoms with E-state index in [0.717, 1.165) is 0 Å². The molecular formula is C13H17NO6S. The maximum absolute atomic E-state index is 12.0. The number of sulfonamides is 1. The Labute approximate surface area is 123 Å². The number of methoxy groups -OCH3 is 1. The summed E-state index contributed by atoms with van der Waals surface area (Å²) in [7, 11) is -0.0805. The topological polar surface area (TPSA) is 90.0 Å². The Morgan fingerprint density at radius 2 is 1.67 bits per heavy atom. The van der Waals surface area contributed by atoms with Gasteiger partial charge in [-0.3, -0.25) is 14.4 Å². The zero-order chi connectivity index (χ0) is 16.2. The second-order valence-corrected chi connectivity index (χ2v) is 6.17. The zero-order valence-corrected chi connectivity index (χ0v) is 13.0. The third kappa shape index (κ3) is 3.66. The van der Waals surface area contributed by atoms with Crippen LogP contribution in [0.25, 0.3) is 0 Å². The fourth-order valence-electron chi connectivity index (χ4n) is 1.57. The van der Waals surface area contributed by atoms with Crippen molar-refractivity contribution >= 4 is 21.8 Å². The summed E-state index contributed by atoms with van der Waals surface area (Å²) in [6, 6.07) is 5.25. The minimum absolute atomic E-state index is 0.0193. The summed E-state index contributed by atoms with van der Waals surface area (Å²) >= 11 is 0. The molecule has 0 aliphatic carbocycles. The highest BCUT2D eigenvalue weighted by molar-refractivity contribution is 7.89. The fraction of sp³-hybridized carbons (Fsp3) is 0.385. The van der Waals surface area contributed by atoms with Crippen LogP contribution in [0.2, 0.25) is 0 Å². The molecule has 7 nitrogen and oxygen atoms in total. The fourth-order valence-corrected chi connectivity index (χ4v) is 2.54. The minimum atomic E-state index is -3.76. The van der Waals surface area contributed by atoms with Crippen LogP contribution in [-0.2, 0) is 24.4 Å². The third-order valence-electron chi connectivity index (χ3n) is 2.98. The van der Waals surface area contributed by atoms with Crippen molar-refractivity contribution in [2.45, 2.75) is 11.8 Å². The highest BCUT2D eigenvalue weighted by atomic mass is 32.2. The van der Waals surface area contributed by atoms with Crippen LogP contribution in [0.1, 0.15) is 17.3 Å². The van der Waals surface area contributed by atoms with Gasteiger partial charge in [0.15, 0.2) is 5.78 Å². The SMILES string of the molecule is COC(=O)C(C)C(=O)c1ccc(S(=O)(=O)N(C)OC)cc1. The number of hydroxylamine groups is 1. The Morgan fingerprint density at radius 3 is 2.10 bits per heavy atom. The molecule has 0 amide bonds. The molecule has 1 rings (SSSR count). The molecule has 1 unspecified atom stereocenters. The van der Waals surface area contributed by atoms with E-state index >= 15 is 0 Å². The second-order valence-electron chi connectivity index (χ2n) is 4.23. The van der Waals surface area contributed by atoms with Crippen LogP contribution in [0.4, 0.5) is 0 Å². The molecule has 0 N–H and O–H groups in total. The number of hydrogen-bond donors (Lipinski definition) is 0. The summed E-state index contributed by atoms with van der Waals surface area (Å²) in [5.41, 5.74) is 0.229. The van der Waals surface area contributed by atoms with Gasteiger partial charge in [0.2, 0.25) is 0 Å². The zero-order valence-electron chi connectivity index (χ0n) is 12.2. The van der Waals surface area contributed by atoms with Gasteiger partial charge in [0.25, 0.3) is 10.0 Å². The lowest BCUT2D eigenvalue weighted by Gasteiger charge is -2.14. The first-order chi connectivity index (χ1) is 9.75. The summed E-state index contributed by atoms with van der Waals surface area (Å²) < 4.78 is 29.2. The molecule has 0 spiro atoms. The van der Waals surface area contributed by atoms with E-state index in [1.807, 2.05) is 0 Å². The Balaban J connectivity index is 3.04. The number of ketones is 1. The predicted octanol–water partition coefficient (Wildman–Crippen LogP) is 0.860. The van der Waals surface area contributed by atoms with Crippen LogP contribution in [-0.4, -0.2) is 45.9 Å². The molecular weight excluding hydrogens is 298 g/mol. The highest BCUT2D eigenvalue weighted by Crippen LogP contribution is 2.17. The van der Waals surface area contributed by atoms with Crippen molar-refractivity contribution in [2.75, 3.05) is 21.3 Å². The lowest BCUT2D eigenvalue weighted by molar-refractivity contribution is -0.143. The minimum Gasteiger partial charge on any atom is -0.468 e. The maximum atomic E-state index is 12.0. The Morgan fingerprint density at radius 1 is 1.14 bits per heavy atom. The van der Waals surface area contributed by atoms with Crippen LogP contribution < -0.4 is 0 Å². The summed E-state index contributed by atoms with van der Waals surface area (Å²) in [4.78, 5) is 28.0. The van der Waals surface area contributed by atoms with Gasteiger partial charge in [-0.15, -0.1) is 0 Å². The number of carbonyl (C=O) groups excluding carboxylic acids is 2. The van der Waals surface area contributed by atoms with E-state index in [9.17, 15) is 18.0 Å². The quantitative estimate of drug-likeness (QED) is 0.335. The number of rotatable bonds is 6. The number of esters is 1. The maximum Gasteiger partial charge on any atom is 0.316 e. The van der Waals surface area contributed by atoms with E-state index in [4.69, 9.17) is 0 Å². The van der Waals surface area contributed by atoms with Gasteiger partial charge in [-0.25, -0.2) is 8.42 Å². The van der Waals surface area contributed by atoms with E-state index in [1.54, 1.807) is 0 Å². The first kappa shape index (κ1) is 17.3. The summed E-state index contributed by atoms with van der Waals surface area (Å²) in [5.74, 6) is -2.03. The van der Waals surface area contributed by atoms with Crippen molar-refractivity contribution in [3.63, 3.8) is 0 Å². The summed E-state index contributed by atoms with van der Waals surface area (Å²) in [6.07, 6.45) is 0. The normalized spacial score (nSPS) is 13.0. The van der Waals surface area contributed by atoms with Crippen molar-refractivity contribution in [3.8, 4) is 0 Å². The monoisotopic (exact) mass is 315 g/mol. The number of nitrogens with zero attached hydrogens (tertiary/aromatic N) is 1. The van der Waals surface area contributed by atoms with E-state index in [2.05, 4.69) is 9.57 Å². The van der Waals surface area contributed by atoms with E-state index in [-0.39, 0.29) is 10.5 Å². The van der Waals surface area contributed by atoms with Gasteiger partial charge in [-0.05, 0) is 19.1 Å². The van der Waals surface area contributed by atoms with Crippen molar-refractivity contribution < 1.29 is 27.6 Å². The summed E-state index contributed by atoms with van der Waals surface area (Å²) in [5, 5.41) is 0. The van der Waals surface area contributed by atoms with Crippen LogP contribution in [0, 0.1) is 5.92 Å². The van der Waals surface area contributed by atoms with Crippen LogP contribution in [0.15, 0.2) is 29.2 Å². The Kier molecular flexibility index (Phi) is 5.59. The van der Waals surface area contributed by atoms with Gasteiger partial charge in [0.05, 0.1) is 19.1 Å². The van der Waals surface area contributed by atoms with Gasteiger partial charge in [-0.1, -0.05) is 16.6 Å². The standard InChI is InChI=1S/C13H17NO6S/c1-9(13(16)19-3)12(15)10-5-7-11(8-6-10)21(17,18)14(2)20-4/h5-9H,1-4H3. The lowest BCUT2D eigenvalue weighted by atomic mass is 10.00. The number of Topliss-reactive ketones (excluding diaryl/α,β-unsaturated/α-hetero) is 1. The molecule has 1 aromatic carbocycles. The lowest BCUT2D eigenvalue weighted by Crippen LogP contribution is -2.26. The van der Waals surface area contributed by atoms with Gasteiger partial charge >= 0.3 is 5.97 Å². The van der Waals surface area contributed by atoms with Crippen LogP contribution in [0.3, 0.4) is 0 Å². The van der Waals surface area contributed by atoms with Crippen molar-refractivity contribution in [1.82, 2.24) is 4.47 Å². The number of benzene rings is 1. The molecule has 0 saturated carbocycles. The van der Waals surface area contributed by atoms with Crippen molar-refractivity contribution in [3.05, 3.63) is 29.8 Å². The molecule has 0 aromatic heterocycles. The molecule has 1 aromatic rings. The molecule has 1 atom stereocenters. The van der Waals surface area contributed by atoms with Gasteiger partial charge in [0.1, 0.15) is 5.92 Å². The third-order valence-corrected chi connectivity index (χ3v) is 4.67. The largest absolute Gasteiger partial charge is 0.468 e. The number of hydrogen-bond acceptors (Lipinski definition) is 6. The van der Waals surface area contributed by atoms with Gasteiger partial charge < -0.3 is 4.74 Å². The Bertz CT molecular complexity index is 623. The molecule has 116 valence electrons. The van der Waals surface area contributed by atoms with Crippen LogP contribution >= 0.6 is 0 Å². The first-order valence-corrected chi connectivity index (χ1v) is 7.44. The molecule has 0 bridgehead atoms. The number of carbonyl (C=O) groups is 2. The molecule has 8 heteroatoms. The van der Waals surface area contributed by atoms with E-state index < -0.39 is 27.7 Å². The smallest absolute Gasteiger partial charge is 0.316 e. The average Bonchev–Trinajstić information content (AvgIpc) is 2.51. The molecule has 0 heterocycles. The van der Waals surface area contributed by atoms with Crippen LogP contribution in [0.5, 0.6) is 0 Å². The Hall–Kier alpha value is -1.77. The molecule has 0 saturated heterocycles. The highest BCUT2D eigenvalue weighted by Gasteiger charge is 2.25. The second kappa shape index (κ2) is 6.79. The first-order valence-electron chi connectivity index (χ1n) is 6.00. The van der Waals surface area contributed by atoms with E-state index in [1.165, 1.54) is 52.5 Å². The molecule has 0 fully saturated rings. The summed E-state index contributed by atoms with van der Waals surface area (Å²) in [6.45, 7) is 1.43. The molecule has 0 aliphatic rings. The van der Waals surface area contributed by atoms with Crippen molar-refractivity contribution in [1.29, 1.82) is 0 Å². The van der Waals surface area contributed by atoms with Crippen molar-refractivity contribution in [2.24, 2.45) is 5.92 Å². The predicted molar refractivity (Wildman–Crippen MR) is 73.9 cm³/mol. The van der Waals surface area contributed by atoms with E-state index in [0.29, 0.717) is 4.47 Å². The molecule has 21 heavy (non-hydrogen) atoms. The van der Waals surface area contributed by atoms with Gasteiger partial charge in [-0.2, -0.15) is 0 Å². The average molecular weight is 315 g/mol.